The zero-order valence-electron chi connectivity index (χ0n) is 13.7. The van der Waals surface area contributed by atoms with Gasteiger partial charge in [-0.1, -0.05) is 42.5 Å². The first-order valence-electron chi connectivity index (χ1n) is 8.36. The second-order valence-electron chi connectivity index (χ2n) is 6.00. The highest BCUT2D eigenvalue weighted by Crippen LogP contribution is 2.42. The Morgan fingerprint density at radius 3 is 2.20 bits per heavy atom. The van der Waals surface area contributed by atoms with Crippen molar-refractivity contribution in [3.63, 3.8) is 0 Å². The highest BCUT2D eigenvalue weighted by Gasteiger charge is 2.27. The van der Waals surface area contributed by atoms with Crippen LogP contribution in [0.15, 0.2) is 72.9 Å². The molecule has 4 nitrogen and oxygen atoms in total. The third kappa shape index (κ3) is 3.24. The van der Waals surface area contributed by atoms with Crippen molar-refractivity contribution in [3.05, 3.63) is 89.7 Å². The Labute approximate surface area is 146 Å². The molecule has 0 aliphatic carbocycles. The minimum absolute atomic E-state index is 0.00200. The molecule has 1 aliphatic rings. The second-order valence-corrected chi connectivity index (χ2v) is 6.00. The van der Waals surface area contributed by atoms with E-state index in [1.807, 2.05) is 66.7 Å². The van der Waals surface area contributed by atoms with Gasteiger partial charge in [0.1, 0.15) is 11.5 Å². The van der Waals surface area contributed by atoms with E-state index in [0.29, 0.717) is 12.8 Å². The van der Waals surface area contributed by atoms with Crippen molar-refractivity contribution in [1.29, 1.82) is 0 Å². The number of fused-ring (bicyclic) bond motifs is 2. The van der Waals surface area contributed by atoms with Gasteiger partial charge in [0.2, 0.25) is 5.91 Å². The molecule has 3 aromatic rings. The molecule has 1 aliphatic heterocycles. The molecule has 0 radical (unpaired) electrons. The van der Waals surface area contributed by atoms with Crippen molar-refractivity contribution in [2.24, 2.45) is 0 Å². The first kappa shape index (κ1) is 15.4. The number of rotatable bonds is 4. The molecule has 0 saturated heterocycles. The van der Waals surface area contributed by atoms with Crippen molar-refractivity contribution in [2.75, 3.05) is 0 Å². The van der Waals surface area contributed by atoms with Gasteiger partial charge in [-0.15, -0.1) is 0 Å². The molecule has 4 rings (SSSR count). The van der Waals surface area contributed by atoms with Crippen LogP contribution in [0.1, 0.15) is 29.3 Å². The number of hydrogen-bond acceptors (Lipinski definition) is 3. The average Bonchev–Trinajstić information content (AvgIpc) is 2.67. The highest BCUT2D eigenvalue weighted by atomic mass is 16.5. The van der Waals surface area contributed by atoms with E-state index in [0.717, 1.165) is 28.3 Å². The van der Waals surface area contributed by atoms with Crippen LogP contribution in [0.3, 0.4) is 0 Å². The number of carbonyl (C=O) groups excluding carboxylic acids is 1. The van der Waals surface area contributed by atoms with Crippen molar-refractivity contribution in [2.45, 2.75) is 18.9 Å². The van der Waals surface area contributed by atoms with Gasteiger partial charge in [0.25, 0.3) is 0 Å². The van der Waals surface area contributed by atoms with Gasteiger partial charge in [-0.3, -0.25) is 9.78 Å². The Hall–Kier alpha value is -3.14. The Kier molecular flexibility index (Phi) is 4.17. The average molecular weight is 330 g/mol. The monoisotopic (exact) mass is 330 g/mol. The van der Waals surface area contributed by atoms with Crippen LogP contribution in [-0.2, 0) is 11.2 Å². The maximum absolute atomic E-state index is 12.5. The molecule has 2 aromatic carbocycles. The fourth-order valence-corrected chi connectivity index (χ4v) is 3.09. The van der Waals surface area contributed by atoms with Crippen LogP contribution in [0.25, 0.3) is 0 Å². The molecule has 1 N–H and O–H groups in total. The van der Waals surface area contributed by atoms with Crippen molar-refractivity contribution >= 4 is 5.91 Å². The van der Waals surface area contributed by atoms with Gasteiger partial charge in [-0.25, -0.2) is 0 Å². The molecule has 25 heavy (non-hydrogen) atoms. The smallest absolute Gasteiger partial charge is 0.221 e. The predicted molar refractivity (Wildman–Crippen MR) is 95.5 cm³/mol. The van der Waals surface area contributed by atoms with Crippen LogP contribution in [0, 0.1) is 0 Å². The first-order valence-corrected chi connectivity index (χ1v) is 8.36. The zero-order chi connectivity index (χ0) is 17.1. The van der Waals surface area contributed by atoms with Gasteiger partial charge >= 0.3 is 0 Å². The molecule has 0 atom stereocenters. The van der Waals surface area contributed by atoms with E-state index in [4.69, 9.17) is 4.74 Å². The quantitative estimate of drug-likeness (QED) is 0.786. The van der Waals surface area contributed by atoms with Crippen molar-refractivity contribution < 1.29 is 9.53 Å². The number of aromatic nitrogens is 1. The summed E-state index contributed by atoms with van der Waals surface area (Å²) in [4.78, 5) is 16.8. The molecular formula is C21H18N2O2. The van der Waals surface area contributed by atoms with Gasteiger partial charge in [-0.2, -0.15) is 0 Å². The third-order valence-corrected chi connectivity index (χ3v) is 4.32. The van der Waals surface area contributed by atoms with Gasteiger partial charge in [0.05, 0.1) is 6.04 Å². The number of nitrogens with one attached hydrogen (secondary N) is 1. The molecule has 124 valence electrons. The maximum Gasteiger partial charge on any atom is 0.221 e. The van der Waals surface area contributed by atoms with Crippen LogP contribution in [0.2, 0.25) is 0 Å². The lowest BCUT2D eigenvalue weighted by atomic mass is 9.94. The number of hydrogen-bond donors (Lipinski definition) is 1. The highest BCUT2D eigenvalue weighted by molar-refractivity contribution is 5.78. The predicted octanol–water partition coefficient (Wildman–Crippen LogP) is 4.03. The number of benzene rings is 2. The normalized spacial score (nSPS) is 12.6. The minimum atomic E-state index is -0.197. The first-order chi connectivity index (χ1) is 12.3. The lowest BCUT2D eigenvalue weighted by molar-refractivity contribution is -0.121. The number of amides is 1. The summed E-state index contributed by atoms with van der Waals surface area (Å²) in [5.41, 5.74) is 2.88. The lowest BCUT2D eigenvalue weighted by Gasteiger charge is -2.28. The van der Waals surface area contributed by atoms with Crippen LogP contribution in [-0.4, -0.2) is 10.9 Å². The van der Waals surface area contributed by atoms with E-state index in [9.17, 15) is 4.79 Å². The largest absolute Gasteiger partial charge is 0.457 e. The number of pyridine rings is 1. The molecule has 2 heterocycles. The Balaban J connectivity index is 1.54. The molecule has 0 fully saturated rings. The van der Waals surface area contributed by atoms with Gasteiger partial charge in [0, 0.05) is 29.4 Å². The second kappa shape index (κ2) is 6.77. The summed E-state index contributed by atoms with van der Waals surface area (Å²) in [5.74, 6) is 1.58. The van der Waals surface area contributed by atoms with E-state index in [2.05, 4.69) is 10.3 Å². The molecule has 0 unspecified atom stereocenters. The van der Waals surface area contributed by atoms with Crippen molar-refractivity contribution in [3.8, 4) is 11.5 Å². The van der Waals surface area contributed by atoms with Crippen LogP contribution >= 0.6 is 0 Å². The van der Waals surface area contributed by atoms with E-state index in [1.165, 1.54) is 0 Å². The van der Waals surface area contributed by atoms with Gasteiger partial charge < -0.3 is 10.1 Å². The Morgan fingerprint density at radius 1 is 0.920 bits per heavy atom. The van der Waals surface area contributed by atoms with E-state index >= 15 is 0 Å². The van der Waals surface area contributed by atoms with E-state index < -0.39 is 0 Å². The standard InChI is InChI=1S/C21H18N2O2/c24-20(13-12-15-7-5-6-14-22-15)23-21-16-8-1-3-10-18(16)25-19-11-4-2-9-17(19)21/h1-11,14,21H,12-13H2,(H,23,24). The molecule has 1 aromatic heterocycles. The van der Waals surface area contributed by atoms with Gasteiger partial charge in [0.15, 0.2) is 0 Å². The summed E-state index contributed by atoms with van der Waals surface area (Å²) in [7, 11) is 0. The van der Waals surface area contributed by atoms with Crippen LogP contribution in [0.4, 0.5) is 0 Å². The SMILES string of the molecule is O=C(CCc1ccccn1)NC1c2ccccc2Oc2ccccc21. The summed E-state index contributed by atoms with van der Waals surface area (Å²) >= 11 is 0. The van der Waals surface area contributed by atoms with Crippen LogP contribution < -0.4 is 10.1 Å². The summed E-state index contributed by atoms with van der Waals surface area (Å²) < 4.78 is 5.96. The fourth-order valence-electron chi connectivity index (χ4n) is 3.09. The summed E-state index contributed by atoms with van der Waals surface area (Å²) in [6, 6.07) is 21.2. The number of para-hydroxylation sites is 2. The summed E-state index contributed by atoms with van der Waals surface area (Å²) in [6.07, 6.45) is 2.77. The molecular weight excluding hydrogens is 312 g/mol. The molecule has 0 spiro atoms. The molecule has 0 saturated carbocycles. The minimum Gasteiger partial charge on any atom is -0.457 e. The number of carbonyl (C=O) groups is 1. The summed E-state index contributed by atoms with van der Waals surface area (Å²) in [6.45, 7) is 0. The fraction of sp³-hybridized carbons (Fsp3) is 0.143. The topological polar surface area (TPSA) is 51.2 Å². The van der Waals surface area contributed by atoms with Crippen LogP contribution in [0.5, 0.6) is 11.5 Å². The van der Waals surface area contributed by atoms with E-state index in [1.54, 1.807) is 6.20 Å². The zero-order valence-corrected chi connectivity index (χ0v) is 13.7. The summed E-state index contributed by atoms with van der Waals surface area (Å²) in [5, 5.41) is 3.15. The number of nitrogens with zero attached hydrogens (tertiary/aromatic N) is 1. The van der Waals surface area contributed by atoms with E-state index in [-0.39, 0.29) is 11.9 Å². The van der Waals surface area contributed by atoms with Crippen molar-refractivity contribution in [1.82, 2.24) is 10.3 Å². The number of ether oxygens (including phenoxy) is 1. The lowest BCUT2D eigenvalue weighted by Crippen LogP contribution is -2.31. The molecule has 4 heteroatoms. The third-order valence-electron chi connectivity index (χ3n) is 4.32. The maximum atomic E-state index is 12.5. The van der Waals surface area contributed by atoms with Gasteiger partial charge in [-0.05, 0) is 30.7 Å². The Morgan fingerprint density at radius 2 is 1.56 bits per heavy atom. The molecule has 0 bridgehead atoms. The number of aryl methyl sites for hydroxylation is 1. The molecule has 1 amide bonds. The Bertz CT molecular complexity index is 848.